The molecule has 0 spiro atoms. The molecular formula is C29H26N4O5. The summed E-state index contributed by atoms with van der Waals surface area (Å²) in [5.41, 5.74) is 2.87. The van der Waals surface area contributed by atoms with Gasteiger partial charge in [-0.3, -0.25) is 14.6 Å². The summed E-state index contributed by atoms with van der Waals surface area (Å²) in [6, 6.07) is 25.8. The third-order valence-electron chi connectivity index (χ3n) is 5.46. The molecule has 0 aliphatic heterocycles. The molecule has 0 aliphatic rings. The van der Waals surface area contributed by atoms with E-state index in [4.69, 9.17) is 4.74 Å². The second kappa shape index (κ2) is 12.7. The number of carbonyl (C=O) groups is 3. The van der Waals surface area contributed by atoms with Gasteiger partial charge in [-0.15, -0.1) is 0 Å². The molecule has 0 aliphatic carbocycles. The normalized spacial score (nSPS) is 11.2. The molecule has 0 saturated carbocycles. The lowest BCUT2D eigenvalue weighted by Gasteiger charge is -2.18. The van der Waals surface area contributed by atoms with Crippen molar-refractivity contribution >= 4 is 29.3 Å². The first-order valence-electron chi connectivity index (χ1n) is 11.8. The highest BCUT2D eigenvalue weighted by Crippen LogP contribution is 2.27. The maximum Gasteiger partial charge on any atom is 0.319 e. The second-order valence-electron chi connectivity index (χ2n) is 8.35. The van der Waals surface area contributed by atoms with Crippen LogP contribution in [0.15, 0.2) is 103 Å². The lowest BCUT2D eigenvalue weighted by molar-refractivity contribution is -0.138. The Kier molecular flexibility index (Phi) is 8.64. The summed E-state index contributed by atoms with van der Waals surface area (Å²) < 4.78 is 5.93. The number of carboxylic acid groups (broad SMARTS) is 1. The molecule has 0 radical (unpaired) electrons. The van der Waals surface area contributed by atoms with E-state index in [0.717, 1.165) is 5.56 Å². The fraction of sp³-hybridized carbons (Fsp3) is 0.103. The molecule has 1 heterocycles. The van der Waals surface area contributed by atoms with Crippen LogP contribution in [-0.4, -0.2) is 28.0 Å². The van der Waals surface area contributed by atoms with Crippen molar-refractivity contribution in [2.24, 2.45) is 0 Å². The monoisotopic (exact) mass is 510 g/mol. The first-order chi connectivity index (χ1) is 18.5. The minimum absolute atomic E-state index is 0.249. The maximum absolute atomic E-state index is 12.9. The minimum atomic E-state index is -1.01. The SMILES string of the molecule is O=C(O)CC(Oc1cccc(NC(=O)c2cccc(NC(=O)NCc3ccccc3)c2)c1)c1cccnc1. The molecule has 3 amide bonds. The Morgan fingerprint density at radius 1 is 0.842 bits per heavy atom. The third-order valence-corrected chi connectivity index (χ3v) is 5.46. The van der Waals surface area contributed by atoms with Crippen molar-refractivity contribution in [1.29, 1.82) is 0 Å². The van der Waals surface area contributed by atoms with Crippen molar-refractivity contribution in [3.63, 3.8) is 0 Å². The van der Waals surface area contributed by atoms with Crippen molar-refractivity contribution in [2.45, 2.75) is 19.1 Å². The smallest absolute Gasteiger partial charge is 0.319 e. The highest BCUT2D eigenvalue weighted by Gasteiger charge is 2.18. The van der Waals surface area contributed by atoms with E-state index in [9.17, 15) is 19.5 Å². The van der Waals surface area contributed by atoms with Gasteiger partial charge in [-0.05, 0) is 42.0 Å². The minimum Gasteiger partial charge on any atom is -0.485 e. The Labute approximate surface area is 219 Å². The summed E-state index contributed by atoms with van der Waals surface area (Å²) in [7, 11) is 0. The van der Waals surface area contributed by atoms with Crippen molar-refractivity contribution in [3.8, 4) is 5.75 Å². The number of benzene rings is 3. The summed E-state index contributed by atoms with van der Waals surface area (Å²) >= 11 is 0. The molecule has 4 aromatic rings. The highest BCUT2D eigenvalue weighted by atomic mass is 16.5. The number of anilines is 2. The van der Waals surface area contributed by atoms with Gasteiger partial charge in [0.25, 0.3) is 5.91 Å². The van der Waals surface area contributed by atoms with Crippen LogP contribution in [-0.2, 0) is 11.3 Å². The fourth-order valence-corrected chi connectivity index (χ4v) is 3.66. The molecule has 3 aromatic carbocycles. The van der Waals surface area contributed by atoms with E-state index in [0.29, 0.717) is 34.8 Å². The van der Waals surface area contributed by atoms with Crippen LogP contribution in [0.4, 0.5) is 16.2 Å². The van der Waals surface area contributed by atoms with Crippen LogP contribution in [0, 0.1) is 0 Å². The van der Waals surface area contributed by atoms with E-state index in [2.05, 4.69) is 20.9 Å². The summed E-state index contributed by atoms with van der Waals surface area (Å²) in [5.74, 6) is -1.00. The standard InChI is InChI=1S/C29H26N4O5/c34-27(35)17-26(22-10-6-14-30-19-22)38-25-13-5-12-24(16-25)32-28(36)21-9-4-11-23(15-21)33-29(37)31-18-20-7-2-1-3-8-20/h1-16,19,26H,17-18H2,(H,32,36)(H,34,35)(H2,31,33,37). The number of amides is 3. The quantitative estimate of drug-likeness (QED) is 0.231. The summed E-state index contributed by atoms with van der Waals surface area (Å²) in [6.07, 6.45) is 2.16. The molecule has 38 heavy (non-hydrogen) atoms. The van der Waals surface area contributed by atoms with Gasteiger partial charge >= 0.3 is 12.0 Å². The number of aromatic nitrogens is 1. The molecule has 1 aromatic heterocycles. The lowest BCUT2D eigenvalue weighted by Crippen LogP contribution is -2.28. The van der Waals surface area contributed by atoms with Crippen LogP contribution < -0.4 is 20.7 Å². The highest BCUT2D eigenvalue weighted by molar-refractivity contribution is 6.05. The number of pyridine rings is 1. The number of ether oxygens (including phenoxy) is 1. The van der Waals surface area contributed by atoms with E-state index < -0.39 is 12.1 Å². The molecule has 9 nitrogen and oxygen atoms in total. The van der Waals surface area contributed by atoms with E-state index >= 15 is 0 Å². The van der Waals surface area contributed by atoms with Crippen molar-refractivity contribution < 1.29 is 24.2 Å². The van der Waals surface area contributed by atoms with Crippen LogP contribution in [0.5, 0.6) is 5.75 Å². The van der Waals surface area contributed by atoms with E-state index in [-0.39, 0.29) is 18.4 Å². The molecule has 4 rings (SSSR count). The van der Waals surface area contributed by atoms with Gasteiger partial charge in [0.2, 0.25) is 0 Å². The fourth-order valence-electron chi connectivity index (χ4n) is 3.66. The molecule has 0 bridgehead atoms. The van der Waals surface area contributed by atoms with Gasteiger partial charge in [0.1, 0.15) is 11.9 Å². The summed E-state index contributed by atoms with van der Waals surface area (Å²) in [5, 5.41) is 17.6. The van der Waals surface area contributed by atoms with Crippen molar-refractivity contribution in [2.75, 3.05) is 10.6 Å². The number of rotatable bonds is 10. The Balaban J connectivity index is 1.38. The van der Waals surface area contributed by atoms with E-state index in [1.807, 2.05) is 30.3 Å². The molecule has 9 heteroatoms. The Hall–Kier alpha value is -5.18. The number of urea groups is 1. The second-order valence-corrected chi connectivity index (χ2v) is 8.35. The molecule has 0 saturated heterocycles. The Morgan fingerprint density at radius 2 is 1.61 bits per heavy atom. The Bertz CT molecular complexity index is 1400. The molecule has 192 valence electrons. The van der Waals surface area contributed by atoms with Crippen LogP contribution in [0.2, 0.25) is 0 Å². The van der Waals surface area contributed by atoms with Crippen LogP contribution in [0.3, 0.4) is 0 Å². The number of aliphatic carboxylic acids is 1. The predicted molar refractivity (Wildman–Crippen MR) is 143 cm³/mol. The Morgan fingerprint density at radius 3 is 2.34 bits per heavy atom. The first kappa shape index (κ1) is 25.9. The maximum atomic E-state index is 12.9. The predicted octanol–water partition coefficient (Wildman–Crippen LogP) is 5.25. The van der Waals surface area contributed by atoms with Crippen LogP contribution in [0.1, 0.15) is 34.0 Å². The third kappa shape index (κ3) is 7.66. The topological polar surface area (TPSA) is 130 Å². The van der Waals surface area contributed by atoms with Crippen molar-refractivity contribution in [1.82, 2.24) is 10.3 Å². The van der Waals surface area contributed by atoms with Crippen LogP contribution in [0.25, 0.3) is 0 Å². The molecule has 0 fully saturated rings. The van der Waals surface area contributed by atoms with Gasteiger partial charge < -0.3 is 25.8 Å². The van der Waals surface area contributed by atoms with Gasteiger partial charge in [-0.25, -0.2) is 4.79 Å². The number of nitrogens with zero attached hydrogens (tertiary/aromatic N) is 1. The van der Waals surface area contributed by atoms with E-state index in [1.54, 1.807) is 73.1 Å². The van der Waals surface area contributed by atoms with Gasteiger partial charge in [0, 0.05) is 47.5 Å². The average molecular weight is 511 g/mol. The van der Waals surface area contributed by atoms with Crippen molar-refractivity contribution in [3.05, 3.63) is 120 Å². The summed E-state index contributed by atoms with van der Waals surface area (Å²) in [6.45, 7) is 0.374. The van der Waals surface area contributed by atoms with Gasteiger partial charge in [-0.2, -0.15) is 0 Å². The summed E-state index contributed by atoms with van der Waals surface area (Å²) in [4.78, 5) is 40.6. The van der Waals surface area contributed by atoms with Gasteiger partial charge in [0.05, 0.1) is 6.42 Å². The zero-order valence-electron chi connectivity index (χ0n) is 20.3. The van der Waals surface area contributed by atoms with Crippen LogP contribution >= 0.6 is 0 Å². The first-order valence-corrected chi connectivity index (χ1v) is 11.8. The molecule has 4 N–H and O–H groups in total. The zero-order valence-corrected chi connectivity index (χ0v) is 20.3. The van der Waals surface area contributed by atoms with Gasteiger partial charge in [-0.1, -0.05) is 48.5 Å². The largest absolute Gasteiger partial charge is 0.485 e. The number of hydrogen-bond acceptors (Lipinski definition) is 5. The average Bonchev–Trinajstić information content (AvgIpc) is 2.93. The molecule has 1 atom stereocenters. The number of nitrogens with one attached hydrogen (secondary N) is 3. The number of carboxylic acids is 1. The molecule has 1 unspecified atom stereocenters. The number of hydrogen-bond donors (Lipinski definition) is 4. The lowest BCUT2D eigenvalue weighted by atomic mass is 10.1. The van der Waals surface area contributed by atoms with E-state index in [1.165, 1.54) is 0 Å². The molecular weight excluding hydrogens is 484 g/mol. The zero-order chi connectivity index (χ0) is 26.7. The van der Waals surface area contributed by atoms with Gasteiger partial charge in [0.15, 0.2) is 0 Å². The number of carbonyl (C=O) groups excluding carboxylic acids is 2.